The molecule has 0 atom stereocenters. The molecule has 0 amide bonds. The van der Waals surface area contributed by atoms with Crippen molar-refractivity contribution in [3.05, 3.63) is 35.3 Å². The molecule has 0 saturated carbocycles. The van der Waals surface area contributed by atoms with Crippen molar-refractivity contribution in [2.24, 2.45) is 0 Å². The van der Waals surface area contributed by atoms with Crippen molar-refractivity contribution < 1.29 is 36.6 Å². The summed E-state index contributed by atoms with van der Waals surface area (Å²) in [7, 11) is 1.11. The van der Waals surface area contributed by atoms with E-state index < -0.39 is 41.1 Å². The molecular formula is C12H7F4NO4. The first kappa shape index (κ1) is 14.8. The molecule has 0 unspecified atom stereocenters. The lowest BCUT2D eigenvalue weighted by molar-refractivity contribution is -0.139. The van der Waals surface area contributed by atoms with Gasteiger partial charge < -0.3 is 14.3 Å². The summed E-state index contributed by atoms with van der Waals surface area (Å²) >= 11 is 0. The number of carbonyl (C=O) groups is 1. The lowest BCUT2D eigenvalue weighted by Gasteiger charge is -2.08. The summed E-state index contributed by atoms with van der Waals surface area (Å²) in [6, 6.07) is 2.06. The summed E-state index contributed by atoms with van der Waals surface area (Å²) in [5, 5.41) is 8.84. The van der Waals surface area contributed by atoms with E-state index in [-0.39, 0.29) is 5.56 Å². The second kappa shape index (κ2) is 5.08. The van der Waals surface area contributed by atoms with Gasteiger partial charge in [-0.3, -0.25) is 0 Å². The predicted molar refractivity (Wildman–Crippen MR) is 60.4 cm³/mol. The van der Waals surface area contributed by atoms with E-state index in [0.29, 0.717) is 12.1 Å². The summed E-state index contributed by atoms with van der Waals surface area (Å²) < 4.78 is 60.5. The van der Waals surface area contributed by atoms with Gasteiger partial charge in [0, 0.05) is 5.56 Å². The molecule has 1 N–H and O–H groups in total. The van der Waals surface area contributed by atoms with Crippen molar-refractivity contribution in [1.29, 1.82) is 0 Å². The number of aromatic nitrogens is 1. The third kappa shape index (κ3) is 2.81. The van der Waals surface area contributed by atoms with Crippen molar-refractivity contribution in [3.8, 4) is 17.4 Å². The van der Waals surface area contributed by atoms with Gasteiger partial charge in [-0.05, 0) is 18.2 Å². The molecule has 112 valence electrons. The van der Waals surface area contributed by atoms with Crippen LogP contribution in [-0.4, -0.2) is 23.2 Å². The fourth-order valence-corrected chi connectivity index (χ4v) is 1.58. The molecule has 21 heavy (non-hydrogen) atoms. The second-order valence-electron chi connectivity index (χ2n) is 3.86. The molecule has 5 nitrogen and oxygen atoms in total. The lowest BCUT2D eigenvalue weighted by atomic mass is 10.1. The Morgan fingerprint density at radius 2 is 2.05 bits per heavy atom. The largest absolute Gasteiger partial charge is 0.476 e. The Morgan fingerprint density at radius 3 is 2.52 bits per heavy atom. The monoisotopic (exact) mass is 305 g/mol. The zero-order valence-corrected chi connectivity index (χ0v) is 10.4. The average molecular weight is 305 g/mol. The first-order valence-electron chi connectivity index (χ1n) is 5.39. The van der Waals surface area contributed by atoms with Gasteiger partial charge in [0.15, 0.2) is 0 Å². The molecule has 1 aromatic carbocycles. The number of hydrogen-bond acceptors (Lipinski definition) is 4. The Balaban J connectivity index is 2.55. The third-order valence-corrected chi connectivity index (χ3v) is 2.50. The average Bonchev–Trinajstić information content (AvgIpc) is 2.82. The molecule has 0 bridgehead atoms. The molecule has 9 heteroatoms. The van der Waals surface area contributed by atoms with E-state index in [0.717, 1.165) is 13.2 Å². The van der Waals surface area contributed by atoms with Gasteiger partial charge in [-0.2, -0.15) is 18.2 Å². The number of methoxy groups -OCH3 is 1. The molecule has 0 aliphatic carbocycles. The SMILES string of the molecule is COc1oc(-c2ccc(F)c(C(F)(F)F)c2)nc1C(=O)O. The molecule has 0 radical (unpaired) electrons. The minimum atomic E-state index is -4.90. The van der Waals surface area contributed by atoms with Gasteiger partial charge in [0.25, 0.3) is 0 Å². The minimum Gasteiger partial charge on any atom is -0.476 e. The van der Waals surface area contributed by atoms with Crippen LogP contribution in [0.2, 0.25) is 0 Å². The summed E-state index contributed by atoms with van der Waals surface area (Å²) in [5.74, 6) is -3.81. The maximum absolute atomic E-state index is 13.2. The smallest absolute Gasteiger partial charge is 0.419 e. The zero-order chi connectivity index (χ0) is 15.8. The number of aromatic carboxylic acids is 1. The fourth-order valence-electron chi connectivity index (χ4n) is 1.58. The maximum atomic E-state index is 13.2. The van der Waals surface area contributed by atoms with Crippen molar-refractivity contribution in [2.45, 2.75) is 6.18 Å². The number of rotatable bonds is 3. The Kier molecular flexibility index (Phi) is 3.58. The highest BCUT2D eigenvalue weighted by molar-refractivity contribution is 5.88. The van der Waals surface area contributed by atoms with E-state index in [9.17, 15) is 22.4 Å². The van der Waals surface area contributed by atoms with Crippen molar-refractivity contribution in [1.82, 2.24) is 4.98 Å². The van der Waals surface area contributed by atoms with Crippen LogP contribution < -0.4 is 4.74 Å². The van der Waals surface area contributed by atoms with Crippen molar-refractivity contribution >= 4 is 5.97 Å². The summed E-state index contributed by atoms with van der Waals surface area (Å²) in [5.41, 5.74) is -2.33. The molecule has 0 fully saturated rings. The van der Waals surface area contributed by atoms with Crippen LogP contribution >= 0.6 is 0 Å². The number of carboxylic acids is 1. The number of carboxylic acid groups (broad SMARTS) is 1. The Morgan fingerprint density at radius 1 is 1.38 bits per heavy atom. The van der Waals surface area contributed by atoms with Gasteiger partial charge in [-0.25, -0.2) is 9.18 Å². The molecule has 0 spiro atoms. The molecule has 0 saturated heterocycles. The van der Waals surface area contributed by atoms with Crippen LogP contribution in [-0.2, 0) is 6.18 Å². The molecule has 2 aromatic rings. The zero-order valence-electron chi connectivity index (χ0n) is 10.4. The number of oxazole rings is 1. The molecule has 1 aromatic heterocycles. The first-order valence-corrected chi connectivity index (χ1v) is 5.39. The highest BCUT2D eigenvalue weighted by Crippen LogP contribution is 2.35. The van der Waals surface area contributed by atoms with Gasteiger partial charge in [0.1, 0.15) is 5.82 Å². The van der Waals surface area contributed by atoms with Crippen LogP contribution in [0, 0.1) is 5.82 Å². The van der Waals surface area contributed by atoms with Gasteiger partial charge in [0.2, 0.25) is 11.6 Å². The number of halogens is 4. The van der Waals surface area contributed by atoms with E-state index in [2.05, 4.69) is 9.72 Å². The predicted octanol–water partition coefficient (Wildman–Crippen LogP) is 3.21. The Bertz CT molecular complexity index is 693. The highest BCUT2D eigenvalue weighted by atomic mass is 19.4. The van der Waals surface area contributed by atoms with Gasteiger partial charge in [-0.15, -0.1) is 0 Å². The van der Waals surface area contributed by atoms with E-state index in [4.69, 9.17) is 9.52 Å². The van der Waals surface area contributed by atoms with Crippen LogP contribution in [0.3, 0.4) is 0 Å². The number of alkyl halides is 3. The summed E-state index contributed by atoms with van der Waals surface area (Å²) in [6.07, 6.45) is -4.90. The standard InChI is InChI=1S/C12H7F4NO4/c1-20-11-8(10(18)19)17-9(21-11)5-2-3-7(13)6(4-5)12(14,15)16/h2-4H,1H3,(H,18,19). The molecule has 1 heterocycles. The van der Waals surface area contributed by atoms with E-state index >= 15 is 0 Å². The molecule has 0 aliphatic rings. The topological polar surface area (TPSA) is 72.6 Å². The van der Waals surface area contributed by atoms with Crippen LogP contribution in [0.15, 0.2) is 22.6 Å². The van der Waals surface area contributed by atoms with Crippen molar-refractivity contribution in [2.75, 3.05) is 7.11 Å². The van der Waals surface area contributed by atoms with E-state index in [1.54, 1.807) is 0 Å². The van der Waals surface area contributed by atoms with E-state index in [1.807, 2.05) is 0 Å². The van der Waals surface area contributed by atoms with Crippen LogP contribution in [0.1, 0.15) is 16.1 Å². The van der Waals surface area contributed by atoms with Crippen LogP contribution in [0.25, 0.3) is 11.5 Å². The second-order valence-corrected chi connectivity index (χ2v) is 3.86. The van der Waals surface area contributed by atoms with E-state index in [1.165, 1.54) is 0 Å². The number of nitrogens with zero attached hydrogens (tertiary/aromatic N) is 1. The van der Waals surface area contributed by atoms with Gasteiger partial charge >= 0.3 is 18.1 Å². The van der Waals surface area contributed by atoms with Crippen LogP contribution in [0.5, 0.6) is 5.95 Å². The number of ether oxygens (including phenoxy) is 1. The minimum absolute atomic E-state index is 0.227. The molecule has 0 aliphatic heterocycles. The third-order valence-electron chi connectivity index (χ3n) is 2.50. The highest BCUT2D eigenvalue weighted by Gasteiger charge is 2.35. The number of hydrogen-bond donors (Lipinski definition) is 1. The Labute approximate surface area is 114 Å². The Hall–Kier alpha value is -2.58. The van der Waals surface area contributed by atoms with Crippen molar-refractivity contribution in [3.63, 3.8) is 0 Å². The quantitative estimate of drug-likeness (QED) is 0.882. The lowest BCUT2D eigenvalue weighted by Crippen LogP contribution is -2.08. The normalized spacial score (nSPS) is 11.5. The maximum Gasteiger partial charge on any atom is 0.419 e. The van der Waals surface area contributed by atoms with Crippen LogP contribution in [0.4, 0.5) is 17.6 Å². The molecular weight excluding hydrogens is 298 g/mol. The first-order chi connectivity index (χ1) is 9.74. The van der Waals surface area contributed by atoms with Gasteiger partial charge in [-0.1, -0.05) is 0 Å². The van der Waals surface area contributed by atoms with Gasteiger partial charge in [0.05, 0.1) is 12.7 Å². The number of benzene rings is 1. The summed E-state index contributed by atoms with van der Waals surface area (Å²) in [6.45, 7) is 0. The summed E-state index contributed by atoms with van der Waals surface area (Å²) in [4.78, 5) is 14.4. The molecule has 2 rings (SSSR count). The fraction of sp³-hybridized carbons (Fsp3) is 0.167.